The molecule has 0 spiro atoms. The molecule has 0 fully saturated rings. The van der Waals surface area contributed by atoms with E-state index < -0.39 is 0 Å². The van der Waals surface area contributed by atoms with Crippen LogP contribution in [0.2, 0.25) is 0 Å². The fourth-order valence-corrected chi connectivity index (χ4v) is 8.53. The van der Waals surface area contributed by atoms with Gasteiger partial charge in [0, 0.05) is 5.92 Å². The molecule has 0 aromatic heterocycles. The molecule has 0 saturated carbocycles. The molecule has 0 aliphatic heterocycles. The lowest BCUT2D eigenvalue weighted by molar-refractivity contribution is 0.804. The lowest BCUT2D eigenvalue weighted by Crippen LogP contribution is -2.14. The summed E-state index contributed by atoms with van der Waals surface area (Å²) in [6.07, 6.45) is 14.0. The van der Waals surface area contributed by atoms with Gasteiger partial charge in [-0.25, -0.2) is 0 Å². The molecule has 0 N–H and O–H groups in total. The highest BCUT2D eigenvalue weighted by Gasteiger charge is 2.30. The van der Waals surface area contributed by atoms with Gasteiger partial charge in [-0.15, -0.1) is 0 Å². The highest BCUT2D eigenvalue weighted by Crippen LogP contribution is 2.53. The average Bonchev–Trinajstić information content (AvgIpc) is 2.95. The highest BCUT2D eigenvalue weighted by molar-refractivity contribution is 6.39. The van der Waals surface area contributed by atoms with Crippen LogP contribution in [0.1, 0.15) is 65.5 Å². The van der Waals surface area contributed by atoms with Crippen molar-refractivity contribution in [2.45, 2.75) is 52.4 Å². The first-order valence-corrected chi connectivity index (χ1v) is 14.3. The van der Waals surface area contributed by atoms with Crippen molar-refractivity contribution in [3.8, 4) is 0 Å². The van der Waals surface area contributed by atoms with Crippen LogP contribution in [0.4, 0.5) is 0 Å². The number of hydrogen-bond donors (Lipinski definition) is 0. The van der Waals surface area contributed by atoms with Crippen LogP contribution in [0.15, 0.2) is 60.2 Å². The summed E-state index contributed by atoms with van der Waals surface area (Å²) in [5.74, 6) is 0.469. The van der Waals surface area contributed by atoms with E-state index in [0.29, 0.717) is 5.92 Å². The van der Waals surface area contributed by atoms with E-state index >= 15 is 0 Å². The normalized spacial score (nSPS) is 18.6. The molecule has 0 amide bonds. The number of aryl methyl sites for hydroxylation is 2. The van der Waals surface area contributed by atoms with Gasteiger partial charge in [0.1, 0.15) is 0 Å². The molecular formula is C38H30. The van der Waals surface area contributed by atoms with Crippen molar-refractivity contribution in [2.24, 2.45) is 0 Å². The molecule has 3 aliphatic rings. The zero-order chi connectivity index (χ0) is 25.4. The summed E-state index contributed by atoms with van der Waals surface area (Å²) in [5, 5.41) is 15.5. The summed E-state index contributed by atoms with van der Waals surface area (Å²) in [6.45, 7) is 11.7. The summed E-state index contributed by atoms with van der Waals surface area (Å²) in [7, 11) is 0. The average molecular weight is 487 g/mol. The van der Waals surface area contributed by atoms with Gasteiger partial charge in [-0.05, 0) is 138 Å². The number of benzene rings is 6. The van der Waals surface area contributed by atoms with Gasteiger partial charge in [0.15, 0.2) is 0 Å². The Bertz CT molecular complexity index is 2210. The van der Waals surface area contributed by atoms with E-state index in [2.05, 4.69) is 88.1 Å². The van der Waals surface area contributed by atoms with Gasteiger partial charge in [0.25, 0.3) is 0 Å². The van der Waals surface area contributed by atoms with E-state index in [0.717, 1.165) is 19.3 Å². The third kappa shape index (κ3) is 2.30. The van der Waals surface area contributed by atoms with E-state index in [1.54, 1.807) is 5.57 Å². The number of fused-ring (bicyclic) bond motifs is 5. The molecule has 9 rings (SSSR count). The van der Waals surface area contributed by atoms with Crippen LogP contribution in [-0.4, -0.2) is 0 Å². The Hall–Kier alpha value is -3.90. The summed E-state index contributed by atoms with van der Waals surface area (Å²) >= 11 is 0. The maximum absolute atomic E-state index is 4.63. The first-order chi connectivity index (χ1) is 18.5. The Morgan fingerprint density at radius 3 is 2.21 bits per heavy atom. The Morgan fingerprint density at radius 2 is 1.37 bits per heavy atom. The largest absolute Gasteiger partial charge is 0.0908 e. The summed E-state index contributed by atoms with van der Waals surface area (Å²) in [5.41, 5.74) is 11.7. The van der Waals surface area contributed by atoms with Crippen molar-refractivity contribution in [2.75, 3.05) is 0 Å². The van der Waals surface area contributed by atoms with Crippen molar-refractivity contribution in [3.05, 3.63) is 98.8 Å². The summed E-state index contributed by atoms with van der Waals surface area (Å²) in [6, 6.07) is 14.6. The lowest BCUT2D eigenvalue weighted by atomic mass is 9.72. The molecule has 3 aliphatic carbocycles. The monoisotopic (exact) mass is 486 g/mol. The predicted octanol–water partition coefficient (Wildman–Crippen LogP) is 9.82. The molecular weight excluding hydrogens is 456 g/mol. The van der Waals surface area contributed by atoms with Gasteiger partial charge in [-0.2, -0.15) is 0 Å². The molecule has 0 heteroatoms. The zero-order valence-electron chi connectivity index (χ0n) is 22.4. The molecule has 0 nitrogen and oxygen atoms in total. The minimum Gasteiger partial charge on any atom is -0.0908 e. The Kier molecular flexibility index (Phi) is 3.85. The molecule has 38 heavy (non-hydrogen) atoms. The zero-order valence-corrected chi connectivity index (χ0v) is 22.4. The van der Waals surface area contributed by atoms with E-state index in [9.17, 15) is 0 Å². The second-order valence-corrected chi connectivity index (χ2v) is 12.0. The molecule has 1 unspecified atom stereocenters. The molecule has 1 atom stereocenters. The van der Waals surface area contributed by atoms with Crippen LogP contribution >= 0.6 is 0 Å². The quantitative estimate of drug-likeness (QED) is 0.148. The summed E-state index contributed by atoms with van der Waals surface area (Å²) in [4.78, 5) is 0. The van der Waals surface area contributed by atoms with Crippen LogP contribution in [0.3, 0.4) is 0 Å². The fourth-order valence-electron chi connectivity index (χ4n) is 8.53. The molecule has 6 aromatic rings. The van der Waals surface area contributed by atoms with Crippen molar-refractivity contribution in [1.82, 2.24) is 0 Å². The minimum atomic E-state index is 0.469. The van der Waals surface area contributed by atoms with Crippen LogP contribution in [0, 0.1) is 13.8 Å². The van der Waals surface area contributed by atoms with Gasteiger partial charge in [0.05, 0.1) is 0 Å². The summed E-state index contributed by atoms with van der Waals surface area (Å²) < 4.78 is 0. The maximum atomic E-state index is 4.63. The van der Waals surface area contributed by atoms with E-state index in [-0.39, 0.29) is 0 Å². The van der Waals surface area contributed by atoms with Gasteiger partial charge < -0.3 is 0 Å². The van der Waals surface area contributed by atoms with E-state index in [1.807, 2.05) is 0 Å². The molecule has 6 aromatic carbocycles. The van der Waals surface area contributed by atoms with Gasteiger partial charge in [-0.1, -0.05) is 79.8 Å². The SMILES string of the molecule is C=c1c2c(c3cc(C)c4c5c(C)cc6c7c(ccc(c8ccc1c3c84)c75)C(C)C1=C6C=CCC1)C=CCC2. The third-order valence-corrected chi connectivity index (χ3v) is 10.2. The molecule has 0 bridgehead atoms. The van der Waals surface area contributed by atoms with Crippen molar-refractivity contribution >= 4 is 72.1 Å². The Morgan fingerprint density at radius 1 is 0.684 bits per heavy atom. The van der Waals surface area contributed by atoms with Crippen LogP contribution in [-0.2, 0) is 6.42 Å². The second-order valence-electron chi connectivity index (χ2n) is 12.0. The first-order valence-electron chi connectivity index (χ1n) is 14.3. The smallest absolute Gasteiger partial charge is 0.00355 e. The second kappa shape index (κ2) is 6.94. The van der Waals surface area contributed by atoms with E-state index in [1.165, 1.54) is 104 Å². The van der Waals surface area contributed by atoms with E-state index in [4.69, 9.17) is 0 Å². The molecule has 0 heterocycles. The van der Waals surface area contributed by atoms with Crippen LogP contribution in [0.5, 0.6) is 0 Å². The number of rotatable bonds is 0. The molecule has 0 radical (unpaired) electrons. The fraction of sp³-hybridized carbons (Fsp3) is 0.211. The van der Waals surface area contributed by atoms with Crippen molar-refractivity contribution in [1.29, 1.82) is 0 Å². The number of allylic oxidation sites excluding steroid dienone is 5. The molecule has 182 valence electrons. The van der Waals surface area contributed by atoms with Crippen molar-refractivity contribution < 1.29 is 0 Å². The van der Waals surface area contributed by atoms with Gasteiger partial charge in [0.2, 0.25) is 0 Å². The maximum Gasteiger partial charge on any atom is 0.00355 e. The van der Waals surface area contributed by atoms with Gasteiger partial charge in [-0.3, -0.25) is 0 Å². The number of hydrogen-bond acceptors (Lipinski definition) is 0. The van der Waals surface area contributed by atoms with Crippen LogP contribution < -0.4 is 5.22 Å². The lowest BCUT2D eigenvalue weighted by Gasteiger charge is -2.32. The van der Waals surface area contributed by atoms with Crippen molar-refractivity contribution in [3.63, 3.8) is 0 Å². The standard InChI is InChI=1S/C38H30/c1-19-17-31-27-11-7-5-9-23(27)21(3)25-13-15-29-30-16-14-26-22(4)24-10-6-8-12-28(24)32-18-20(2)34(38(30)36(26)32)33(19)37(29)35(25)31/h7-8,11-18,22H,3,5-6,9-10H2,1-2,4H3. The van der Waals surface area contributed by atoms with Gasteiger partial charge >= 0.3 is 0 Å². The highest BCUT2D eigenvalue weighted by atomic mass is 14.3. The third-order valence-electron chi connectivity index (χ3n) is 10.2. The topological polar surface area (TPSA) is 0 Å². The Balaban J connectivity index is 1.58. The molecule has 0 saturated heterocycles. The predicted molar refractivity (Wildman–Crippen MR) is 166 cm³/mol. The first kappa shape index (κ1) is 21.1. The minimum absolute atomic E-state index is 0.469. The van der Waals surface area contributed by atoms with Crippen LogP contribution in [0.25, 0.3) is 72.1 Å². The Labute approximate surface area is 223 Å².